The van der Waals surface area contributed by atoms with Gasteiger partial charge in [0.2, 0.25) is 5.78 Å². The molecule has 1 aliphatic carbocycles. The van der Waals surface area contributed by atoms with Crippen molar-refractivity contribution >= 4 is 45.9 Å². The third-order valence-corrected chi connectivity index (χ3v) is 9.92. The first kappa shape index (κ1) is 32.9. The summed E-state index contributed by atoms with van der Waals surface area (Å²) in [5.41, 5.74) is 2.54. The molecule has 10 heteroatoms. The summed E-state index contributed by atoms with van der Waals surface area (Å²) in [6.07, 6.45) is 3.97. The van der Waals surface area contributed by atoms with Gasteiger partial charge in [0.1, 0.15) is 0 Å². The second kappa shape index (κ2) is 13.6. The van der Waals surface area contributed by atoms with Gasteiger partial charge in [0.25, 0.3) is 5.91 Å². The first-order valence-electron chi connectivity index (χ1n) is 16.2. The number of ether oxygens (including phenoxy) is 1. The van der Waals surface area contributed by atoms with E-state index >= 15 is 4.39 Å². The molecule has 246 valence electrons. The molecule has 2 aliphatic rings. The minimum absolute atomic E-state index is 0.225. The number of carbonyl (C=O) groups excluding carboxylic acids is 2. The van der Waals surface area contributed by atoms with Gasteiger partial charge in [-0.3, -0.25) is 14.4 Å². The Hall–Kier alpha value is -4.05. The Morgan fingerprint density at radius 3 is 2.36 bits per heavy atom. The maximum Gasteiger partial charge on any atom is 0.330 e. The van der Waals surface area contributed by atoms with Crippen LogP contribution in [-0.4, -0.2) is 57.4 Å². The zero-order chi connectivity index (χ0) is 33.2. The smallest absolute Gasteiger partial charge is 0.330 e. The van der Waals surface area contributed by atoms with Crippen LogP contribution in [0.25, 0.3) is 10.9 Å². The average Bonchev–Trinajstić information content (AvgIpc) is 3.74. The summed E-state index contributed by atoms with van der Waals surface area (Å²) in [5.74, 6) is -4.55. The van der Waals surface area contributed by atoms with Crippen LogP contribution in [0.5, 0.6) is 0 Å². The molecule has 1 atom stereocenters. The standard InChI is InChI=1S/C37H39ClFN3O5/c1-36(35(45)46)17-15-27(16-18-36)47-37(39,42-19-7-8-20-42)33(43)22-26-13-14-31(30(38)21-26)40-34(44)29-24-41(23-25-9-3-2-4-10-25)32-12-6-5-11-28(29)32/h2-6,9-14,21,24,27H,7-8,15-20,22-23H2,1H3,(H,40,44)(H,45,46). The number of rotatable bonds is 11. The number of nitrogens with zero attached hydrogens (tertiary/aromatic N) is 2. The number of carboxylic acids is 1. The molecule has 6 rings (SSSR count). The highest BCUT2D eigenvalue weighted by atomic mass is 35.5. The van der Waals surface area contributed by atoms with Crippen LogP contribution >= 0.6 is 11.6 Å². The number of aliphatic carboxylic acids is 1. The fourth-order valence-electron chi connectivity index (χ4n) is 6.70. The van der Waals surface area contributed by atoms with Crippen LogP contribution in [0.2, 0.25) is 5.02 Å². The number of aromatic nitrogens is 1. The molecule has 8 nitrogen and oxygen atoms in total. The molecule has 2 N–H and O–H groups in total. The van der Waals surface area contributed by atoms with E-state index in [1.165, 1.54) is 4.90 Å². The van der Waals surface area contributed by atoms with Gasteiger partial charge < -0.3 is 19.7 Å². The number of anilines is 1. The predicted octanol–water partition coefficient (Wildman–Crippen LogP) is 7.48. The van der Waals surface area contributed by atoms with E-state index < -0.39 is 29.3 Å². The van der Waals surface area contributed by atoms with Gasteiger partial charge in [-0.1, -0.05) is 66.2 Å². The van der Waals surface area contributed by atoms with Crippen LogP contribution in [-0.2, 0) is 27.3 Å². The zero-order valence-corrected chi connectivity index (χ0v) is 27.1. The number of Topliss-reactive ketones (excluding diaryl/α,β-unsaturated/α-hetero) is 1. The number of amides is 1. The predicted molar refractivity (Wildman–Crippen MR) is 179 cm³/mol. The van der Waals surface area contributed by atoms with Crippen LogP contribution < -0.4 is 5.32 Å². The summed E-state index contributed by atoms with van der Waals surface area (Å²) >= 11 is 6.61. The van der Waals surface area contributed by atoms with Gasteiger partial charge in [-0.15, -0.1) is 0 Å². The van der Waals surface area contributed by atoms with Crippen LogP contribution in [0.4, 0.5) is 10.1 Å². The molecule has 1 saturated heterocycles. The third kappa shape index (κ3) is 6.98. The largest absolute Gasteiger partial charge is 0.481 e. The van der Waals surface area contributed by atoms with Gasteiger partial charge in [0, 0.05) is 43.2 Å². The number of likely N-dealkylation sites (tertiary alicyclic amines) is 1. The minimum atomic E-state index is -2.62. The number of benzene rings is 3. The third-order valence-electron chi connectivity index (χ3n) is 9.61. The number of hydrogen-bond acceptors (Lipinski definition) is 5. The Kier molecular flexibility index (Phi) is 9.50. The van der Waals surface area contributed by atoms with E-state index in [-0.39, 0.29) is 17.4 Å². The van der Waals surface area contributed by atoms with E-state index in [2.05, 4.69) is 5.32 Å². The maximum absolute atomic E-state index is 16.7. The average molecular weight is 660 g/mol. The van der Waals surface area contributed by atoms with Crippen molar-refractivity contribution in [3.63, 3.8) is 0 Å². The van der Waals surface area contributed by atoms with Crippen molar-refractivity contribution in [2.45, 2.75) is 70.5 Å². The first-order chi connectivity index (χ1) is 22.6. The van der Waals surface area contributed by atoms with Crippen molar-refractivity contribution in [2.24, 2.45) is 5.41 Å². The lowest BCUT2D eigenvalue weighted by molar-refractivity contribution is -0.253. The van der Waals surface area contributed by atoms with Gasteiger partial charge in [0.05, 0.1) is 27.8 Å². The molecule has 4 aromatic rings. The number of fused-ring (bicyclic) bond motifs is 1. The summed E-state index contributed by atoms with van der Waals surface area (Å²) in [6.45, 7) is 3.10. The molecule has 1 aromatic heterocycles. The summed E-state index contributed by atoms with van der Waals surface area (Å²) in [5, 5.41) is 13.5. The molecule has 0 bridgehead atoms. The summed E-state index contributed by atoms with van der Waals surface area (Å²) in [4.78, 5) is 40.2. The summed E-state index contributed by atoms with van der Waals surface area (Å²) in [6, 6.07) is 22.6. The minimum Gasteiger partial charge on any atom is -0.481 e. The number of nitrogens with one attached hydrogen (secondary N) is 1. The Balaban J connectivity index is 1.16. The van der Waals surface area contributed by atoms with Gasteiger partial charge in [-0.2, -0.15) is 4.39 Å². The zero-order valence-electron chi connectivity index (χ0n) is 26.4. The number of halogens is 2. The molecule has 1 aliphatic heterocycles. The van der Waals surface area contributed by atoms with E-state index in [0.29, 0.717) is 62.1 Å². The normalized spacial score (nSPS) is 21.4. The van der Waals surface area contributed by atoms with E-state index in [1.807, 2.05) is 65.4 Å². The first-order valence-corrected chi connectivity index (χ1v) is 16.5. The number of alkyl halides is 1. The molecule has 3 aromatic carbocycles. The Labute approximate surface area is 278 Å². The summed E-state index contributed by atoms with van der Waals surface area (Å²) < 4.78 is 24.6. The lowest BCUT2D eigenvalue weighted by Crippen LogP contribution is -2.55. The number of carboxylic acid groups (broad SMARTS) is 1. The molecule has 47 heavy (non-hydrogen) atoms. The van der Waals surface area contributed by atoms with Crippen molar-refractivity contribution in [3.05, 3.63) is 101 Å². The van der Waals surface area contributed by atoms with Crippen LogP contribution in [0.3, 0.4) is 0 Å². The fraction of sp³-hybridized carbons (Fsp3) is 0.378. The highest BCUT2D eigenvalue weighted by molar-refractivity contribution is 6.34. The van der Waals surface area contributed by atoms with Crippen molar-refractivity contribution in [1.29, 1.82) is 0 Å². The lowest BCUT2D eigenvalue weighted by atomic mass is 9.75. The highest BCUT2D eigenvalue weighted by Gasteiger charge is 2.49. The van der Waals surface area contributed by atoms with Gasteiger partial charge in [0.15, 0.2) is 0 Å². The monoisotopic (exact) mass is 659 g/mol. The SMILES string of the molecule is CC1(C(=O)O)CCC(OC(F)(C(=O)Cc2ccc(NC(=O)c3cn(Cc4ccccc4)c4ccccc34)c(Cl)c2)N2CCCC2)CC1. The van der Waals surface area contributed by atoms with Gasteiger partial charge in [-0.05, 0) is 74.8 Å². The maximum atomic E-state index is 16.7. The second-order valence-electron chi connectivity index (χ2n) is 13.0. The Morgan fingerprint density at radius 2 is 1.68 bits per heavy atom. The molecule has 1 saturated carbocycles. The van der Waals surface area contributed by atoms with E-state index in [4.69, 9.17) is 16.3 Å². The quantitative estimate of drug-likeness (QED) is 0.162. The molecular formula is C37H39ClFN3O5. The van der Waals surface area contributed by atoms with Crippen molar-refractivity contribution < 1.29 is 28.6 Å². The number of para-hydroxylation sites is 1. The second-order valence-corrected chi connectivity index (χ2v) is 13.4. The number of carbonyl (C=O) groups is 3. The lowest BCUT2D eigenvalue weighted by Gasteiger charge is -2.39. The van der Waals surface area contributed by atoms with E-state index in [1.54, 1.807) is 25.1 Å². The molecular weight excluding hydrogens is 621 g/mol. The molecule has 0 radical (unpaired) electrons. The topological polar surface area (TPSA) is 101 Å². The van der Waals surface area contributed by atoms with Crippen molar-refractivity contribution in [2.75, 3.05) is 18.4 Å². The van der Waals surface area contributed by atoms with E-state index in [9.17, 15) is 19.5 Å². The van der Waals surface area contributed by atoms with Gasteiger partial charge >= 0.3 is 11.9 Å². The molecule has 1 amide bonds. The number of ketones is 1. The highest BCUT2D eigenvalue weighted by Crippen LogP contribution is 2.40. The molecule has 2 fully saturated rings. The van der Waals surface area contributed by atoms with Crippen molar-refractivity contribution in [1.82, 2.24) is 9.47 Å². The molecule has 2 heterocycles. The Morgan fingerprint density at radius 1 is 1.00 bits per heavy atom. The molecule has 0 spiro atoms. The van der Waals surface area contributed by atoms with Crippen LogP contribution in [0.15, 0.2) is 79.0 Å². The summed E-state index contributed by atoms with van der Waals surface area (Å²) in [7, 11) is 0. The number of hydrogen-bond donors (Lipinski definition) is 2. The van der Waals surface area contributed by atoms with Crippen LogP contribution in [0.1, 0.15) is 66.9 Å². The van der Waals surface area contributed by atoms with Crippen molar-refractivity contribution in [3.8, 4) is 0 Å². The fourth-order valence-corrected chi connectivity index (χ4v) is 6.95. The van der Waals surface area contributed by atoms with E-state index in [0.717, 1.165) is 29.3 Å². The molecule has 1 unspecified atom stereocenters. The Bertz CT molecular complexity index is 1780. The van der Waals surface area contributed by atoms with Crippen LogP contribution in [0, 0.1) is 5.41 Å². The van der Waals surface area contributed by atoms with Gasteiger partial charge in [-0.25, -0.2) is 4.90 Å².